The number of nitrogens with zero attached hydrogens (tertiary/aromatic N) is 3. The van der Waals surface area contributed by atoms with Crippen molar-refractivity contribution < 1.29 is 0 Å². The molecule has 0 saturated carbocycles. The molecule has 0 saturated heterocycles. The van der Waals surface area contributed by atoms with Crippen LogP contribution in [0, 0.1) is 22.7 Å². The normalized spacial score (nSPS) is 9.81. The summed E-state index contributed by atoms with van der Waals surface area (Å²) in [6, 6.07) is 9.42. The average Bonchev–Trinajstić information content (AvgIpc) is 2.28. The van der Waals surface area contributed by atoms with E-state index in [4.69, 9.17) is 10.5 Å². The van der Waals surface area contributed by atoms with E-state index >= 15 is 0 Å². The topological polar surface area (TPSA) is 50.8 Å². The van der Waals surface area contributed by atoms with E-state index in [0.29, 0.717) is 11.1 Å². The van der Waals surface area contributed by atoms with E-state index in [1.54, 1.807) is 23.9 Å². The standard InChI is InChI=1S/C12H13N3S/c1-15(2)5-6-16-12-4-3-10(8-13)11(7-12)9-14/h3-4,7H,5-6H2,1-2H3. The molecule has 16 heavy (non-hydrogen) atoms. The van der Waals surface area contributed by atoms with Gasteiger partial charge in [-0.05, 0) is 32.3 Å². The SMILES string of the molecule is CN(C)CCSc1ccc(C#N)c(C#N)c1. The summed E-state index contributed by atoms with van der Waals surface area (Å²) >= 11 is 1.70. The zero-order valence-electron chi connectivity index (χ0n) is 9.40. The minimum atomic E-state index is 0.444. The van der Waals surface area contributed by atoms with Crippen LogP contribution in [0.25, 0.3) is 0 Å². The predicted molar refractivity (Wildman–Crippen MR) is 65.2 cm³/mol. The van der Waals surface area contributed by atoms with Crippen LogP contribution in [0.1, 0.15) is 11.1 Å². The van der Waals surface area contributed by atoms with Crippen LogP contribution in [-0.4, -0.2) is 31.3 Å². The van der Waals surface area contributed by atoms with Crippen molar-refractivity contribution in [2.75, 3.05) is 26.4 Å². The number of rotatable bonds is 4. The average molecular weight is 231 g/mol. The maximum absolute atomic E-state index is 8.87. The van der Waals surface area contributed by atoms with E-state index in [-0.39, 0.29) is 0 Å². The summed E-state index contributed by atoms with van der Waals surface area (Å²) in [4.78, 5) is 3.15. The second kappa shape index (κ2) is 6.17. The molecule has 0 aliphatic heterocycles. The molecule has 0 N–H and O–H groups in total. The van der Waals surface area contributed by atoms with E-state index in [0.717, 1.165) is 17.2 Å². The van der Waals surface area contributed by atoms with Crippen LogP contribution >= 0.6 is 11.8 Å². The molecule has 0 amide bonds. The molecule has 4 heteroatoms. The van der Waals surface area contributed by atoms with Crippen molar-refractivity contribution in [2.45, 2.75) is 4.90 Å². The maximum Gasteiger partial charge on any atom is 0.101 e. The zero-order valence-corrected chi connectivity index (χ0v) is 10.2. The van der Waals surface area contributed by atoms with E-state index in [2.05, 4.69) is 4.90 Å². The second-order valence-corrected chi connectivity index (χ2v) is 4.75. The third kappa shape index (κ3) is 3.58. The number of hydrogen-bond acceptors (Lipinski definition) is 4. The largest absolute Gasteiger partial charge is 0.309 e. The Morgan fingerprint density at radius 2 is 1.88 bits per heavy atom. The van der Waals surface area contributed by atoms with Crippen molar-refractivity contribution in [2.24, 2.45) is 0 Å². The summed E-state index contributed by atoms with van der Waals surface area (Å²) in [5.74, 6) is 0.976. The van der Waals surface area contributed by atoms with Crippen molar-refractivity contribution in [3.8, 4) is 12.1 Å². The zero-order chi connectivity index (χ0) is 12.0. The lowest BCUT2D eigenvalue weighted by molar-refractivity contribution is 0.437. The van der Waals surface area contributed by atoms with Crippen LogP contribution in [0.15, 0.2) is 23.1 Å². The Hall–Kier alpha value is -1.49. The van der Waals surface area contributed by atoms with E-state index in [1.807, 2.05) is 32.3 Å². The molecular weight excluding hydrogens is 218 g/mol. The summed E-state index contributed by atoms with van der Waals surface area (Å²) < 4.78 is 0. The molecule has 3 nitrogen and oxygen atoms in total. The van der Waals surface area contributed by atoms with Crippen molar-refractivity contribution in [1.82, 2.24) is 4.90 Å². The molecule has 0 fully saturated rings. The fraction of sp³-hybridized carbons (Fsp3) is 0.333. The van der Waals surface area contributed by atoms with Crippen molar-refractivity contribution in [3.05, 3.63) is 29.3 Å². The molecule has 0 spiro atoms. The number of nitriles is 2. The summed E-state index contributed by atoms with van der Waals surface area (Å²) in [7, 11) is 4.06. The number of benzene rings is 1. The molecule has 1 aromatic carbocycles. The first-order valence-corrected chi connectivity index (χ1v) is 5.87. The summed E-state index contributed by atoms with van der Waals surface area (Å²) in [6.45, 7) is 0.993. The van der Waals surface area contributed by atoms with Crippen LogP contribution in [0.2, 0.25) is 0 Å². The first-order chi connectivity index (χ1) is 7.67. The lowest BCUT2D eigenvalue weighted by Gasteiger charge is -2.08. The third-order valence-electron chi connectivity index (χ3n) is 2.04. The van der Waals surface area contributed by atoms with Crippen LogP contribution in [0.3, 0.4) is 0 Å². The fourth-order valence-corrected chi connectivity index (χ4v) is 2.21. The van der Waals surface area contributed by atoms with Gasteiger partial charge in [-0.3, -0.25) is 0 Å². The summed E-state index contributed by atoms with van der Waals surface area (Å²) in [5.41, 5.74) is 0.900. The highest BCUT2D eigenvalue weighted by atomic mass is 32.2. The Morgan fingerprint density at radius 1 is 1.19 bits per heavy atom. The van der Waals surface area contributed by atoms with Crippen molar-refractivity contribution in [3.63, 3.8) is 0 Å². The van der Waals surface area contributed by atoms with Crippen LogP contribution in [0.4, 0.5) is 0 Å². The quantitative estimate of drug-likeness (QED) is 0.744. The van der Waals surface area contributed by atoms with Crippen LogP contribution in [-0.2, 0) is 0 Å². The Labute approximate surface area is 100 Å². The fourth-order valence-electron chi connectivity index (χ4n) is 1.15. The van der Waals surface area contributed by atoms with Gasteiger partial charge in [0.15, 0.2) is 0 Å². The highest BCUT2D eigenvalue weighted by Gasteiger charge is 2.03. The molecule has 0 heterocycles. The Balaban J connectivity index is 2.70. The molecule has 0 radical (unpaired) electrons. The van der Waals surface area contributed by atoms with E-state index in [1.165, 1.54) is 0 Å². The molecule has 0 unspecified atom stereocenters. The Bertz CT molecular complexity index is 441. The lowest BCUT2D eigenvalue weighted by atomic mass is 10.1. The third-order valence-corrected chi connectivity index (χ3v) is 3.01. The van der Waals surface area contributed by atoms with Gasteiger partial charge in [0.25, 0.3) is 0 Å². The smallest absolute Gasteiger partial charge is 0.101 e. The van der Waals surface area contributed by atoms with E-state index in [9.17, 15) is 0 Å². The minimum Gasteiger partial charge on any atom is -0.309 e. The second-order valence-electron chi connectivity index (χ2n) is 3.58. The summed E-state index contributed by atoms with van der Waals surface area (Å²) in [5, 5.41) is 17.6. The molecule has 0 aromatic heterocycles. The van der Waals surface area contributed by atoms with Crippen LogP contribution < -0.4 is 0 Å². The van der Waals surface area contributed by atoms with Crippen molar-refractivity contribution in [1.29, 1.82) is 10.5 Å². The first kappa shape index (κ1) is 12.6. The highest BCUT2D eigenvalue weighted by Crippen LogP contribution is 2.20. The van der Waals surface area contributed by atoms with Gasteiger partial charge in [-0.25, -0.2) is 0 Å². The van der Waals surface area contributed by atoms with Gasteiger partial charge in [0.05, 0.1) is 11.1 Å². The van der Waals surface area contributed by atoms with Crippen molar-refractivity contribution >= 4 is 11.8 Å². The Morgan fingerprint density at radius 3 is 2.44 bits per heavy atom. The molecule has 0 atom stereocenters. The monoisotopic (exact) mass is 231 g/mol. The van der Waals surface area contributed by atoms with Gasteiger partial charge in [-0.15, -0.1) is 11.8 Å². The van der Waals surface area contributed by atoms with Gasteiger partial charge in [-0.2, -0.15) is 10.5 Å². The molecule has 0 aliphatic carbocycles. The number of thioether (sulfide) groups is 1. The minimum absolute atomic E-state index is 0.444. The Kier molecular flexibility index (Phi) is 4.85. The molecular formula is C12H13N3S. The molecule has 0 bridgehead atoms. The van der Waals surface area contributed by atoms with E-state index < -0.39 is 0 Å². The molecule has 82 valence electrons. The van der Waals surface area contributed by atoms with Crippen LogP contribution in [0.5, 0.6) is 0 Å². The van der Waals surface area contributed by atoms with Gasteiger partial charge in [-0.1, -0.05) is 0 Å². The molecule has 0 aliphatic rings. The van der Waals surface area contributed by atoms with Gasteiger partial charge in [0, 0.05) is 17.2 Å². The van der Waals surface area contributed by atoms with Gasteiger partial charge >= 0.3 is 0 Å². The first-order valence-electron chi connectivity index (χ1n) is 4.89. The summed E-state index contributed by atoms with van der Waals surface area (Å²) in [6.07, 6.45) is 0. The number of hydrogen-bond donors (Lipinski definition) is 0. The van der Waals surface area contributed by atoms with Gasteiger partial charge in [0.1, 0.15) is 12.1 Å². The highest BCUT2D eigenvalue weighted by molar-refractivity contribution is 7.99. The lowest BCUT2D eigenvalue weighted by Crippen LogP contribution is -2.14. The molecule has 1 rings (SSSR count). The van der Waals surface area contributed by atoms with Gasteiger partial charge < -0.3 is 4.90 Å². The van der Waals surface area contributed by atoms with Gasteiger partial charge in [0.2, 0.25) is 0 Å². The predicted octanol–water partition coefficient (Wildman–Crippen LogP) is 2.08. The maximum atomic E-state index is 8.87. The molecule has 1 aromatic rings.